The zero-order valence-corrected chi connectivity index (χ0v) is 17.0. The van der Waals surface area contributed by atoms with Crippen LogP contribution in [0, 0.1) is 0 Å². The molecule has 0 aliphatic rings. The minimum atomic E-state index is -0.367. The fraction of sp³-hybridized carbons (Fsp3) is 0.333. The van der Waals surface area contributed by atoms with Gasteiger partial charge >= 0.3 is 5.69 Å². The maximum absolute atomic E-state index is 12.7. The molecule has 154 valence electrons. The highest BCUT2D eigenvalue weighted by molar-refractivity contribution is 5.96. The van der Waals surface area contributed by atoms with Crippen molar-refractivity contribution < 1.29 is 14.3 Å². The molecule has 3 N–H and O–H groups in total. The van der Waals surface area contributed by atoms with Gasteiger partial charge < -0.3 is 24.8 Å². The van der Waals surface area contributed by atoms with Gasteiger partial charge in [-0.25, -0.2) is 4.79 Å². The fourth-order valence-corrected chi connectivity index (χ4v) is 3.07. The number of amides is 1. The first-order chi connectivity index (χ1) is 13.9. The average molecular weight is 398 g/mol. The molecule has 0 aliphatic heterocycles. The summed E-state index contributed by atoms with van der Waals surface area (Å²) in [5.74, 6) is 1.23. The molecule has 8 nitrogen and oxygen atoms in total. The summed E-state index contributed by atoms with van der Waals surface area (Å²) in [6, 6.07) is 10.6. The molecule has 0 radical (unpaired) electrons. The molecule has 3 aromatic rings. The Balaban J connectivity index is 1.66. The maximum Gasteiger partial charge on any atom is 0.323 e. The van der Waals surface area contributed by atoms with Gasteiger partial charge in [-0.3, -0.25) is 9.69 Å². The van der Waals surface area contributed by atoms with E-state index < -0.39 is 0 Å². The van der Waals surface area contributed by atoms with Crippen LogP contribution in [0.25, 0.3) is 11.0 Å². The van der Waals surface area contributed by atoms with Crippen molar-refractivity contribution in [3.05, 3.63) is 52.4 Å². The summed E-state index contributed by atoms with van der Waals surface area (Å²) in [7, 11) is 3.50. The van der Waals surface area contributed by atoms with E-state index in [-0.39, 0.29) is 17.6 Å². The topological polar surface area (TPSA) is 99.5 Å². The zero-order valence-electron chi connectivity index (χ0n) is 17.0. The Morgan fingerprint density at radius 1 is 1.14 bits per heavy atom. The Morgan fingerprint density at radius 2 is 1.90 bits per heavy atom. The second-order valence-corrected chi connectivity index (χ2v) is 6.84. The lowest BCUT2D eigenvalue weighted by Crippen LogP contribution is -2.39. The number of hydrogen-bond acceptors (Lipinski definition) is 5. The predicted molar refractivity (Wildman–Crippen MR) is 113 cm³/mol. The molecule has 3 rings (SSSR count). The smallest absolute Gasteiger partial charge is 0.323 e. The number of hydrogen-bond donors (Lipinski definition) is 3. The standard InChI is InChI=1S/C21H26N4O4/c1-5-29-18-9-6-14(10-19(18)28-4)12-25(3)13(2)20(26)22-15-7-8-16-17(11-15)24-21(27)23-16/h6-11,13H,5,12H2,1-4H3,(H,22,26)(H2,23,24,27)/t13-/m1/s1. The van der Waals surface area contributed by atoms with Crippen LogP contribution in [-0.2, 0) is 11.3 Å². The number of carbonyl (C=O) groups is 1. The van der Waals surface area contributed by atoms with Crippen LogP contribution in [0.4, 0.5) is 5.69 Å². The van der Waals surface area contributed by atoms with Gasteiger partial charge in [0.25, 0.3) is 0 Å². The molecule has 0 bridgehead atoms. The number of aromatic nitrogens is 2. The van der Waals surface area contributed by atoms with E-state index >= 15 is 0 Å². The van der Waals surface area contributed by atoms with Gasteiger partial charge in [0.05, 0.1) is 30.8 Å². The van der Waals surface area contributed by atoms with E-state index in [0.29, 0.717) is 41.4 Å². The van der Waals surface area contributed by atoms with E-state index in [2.05, 4.69) is 15.3 Å². The molecule has 1 atom stereocenters. The number of ether oxygens (including phenoxy) is 2. The molecule has 0 unspecified atom stereocenters. The predicted octanol–water partition coefficient (Wildman–Crippen LogP) is 2.72. The summed E-state index contributed by atoms with van der Waals surface area (Å²) in [6.45, 7) is 4.90. The second-order valence-electron chi connectivity index (χ2n) is 6.84. The summed E-state index contributed by atoms with van der Waals surface area (Å²) in [6.07, 6.45) is 0. The number of carbonyl (C=O) groups excluding carboxylic acids is 1. The first kappa shape index (κ1) is 20.5. The molecule has 0 saturated heterocycles. The minimum absolute atomic E-state index is 0.136. The van der Waals surface area contributed by atoms with Crippen LogP contribution < -0.4 is 20.5 Å². The van der Waals surface area contributed by atoms with Gasteiger partial charge in [-0.1, -0.05) is 6.07 Å². The highest BCUT2D eigenvalue weighted by atomic mass is 16.5. The molecule has 1 heterocycles. The number of aromatic amines is 2. The Kier molecular flexibility index (Phi) is 6.23. The largest absolute Gasteiger partial charge is 0.493 e. The molecule has 0 spiro atoms. The van der Waals surface area contributed by atoms with Gasteiger partial charge in [-0.2, -0.15) is 0 Å². The number of rotatable bonds is 8. The highest BCUT2D eigenvalue weighted by Gasteiger charge is 2.19. The number of H-pyrrole nitrogens is 2. The molecular weight excluding hydrogens is 372 g/mol. The summed E-state index contributed by atoms with van der Waals surface area (Å²) in [5, 5.41) is 2.90. The molecule has 2 aromatic carbocycles. The number of likely N-dealkylation sites (N-methyl/N-ethyl adjacent to an activating group) is 1. The maximum atomic E-state index is 12.7. The van der Waals surface area contributed by atoms with Gasteiger partial charge in [0.1, 0.15) is 0 Å². The molecular formula is C21H26N4O4. The molecule has 0 saturated carbocycles. The van der Waals surface area contributed by atoms with Gasteiger partial charge in [0.15, 0.2) is 11.5 Å². The minimum Gasteiger partial charge on any atom is -0.493 e. The summed E-state index contributed by atoms with van der Waals surface area (Å²) >= 11 is 0. The summed E-state index contributed by atoms with van der Waals surface area (Å²) in [4.78, 5) is 31.4. The summed E-state index contributed by atoms with van der Waals surface area (Å²) in [5.41, 5.74) is 2.71. The Morgan fingerprint density at radius 3 is 2.62 bits per heavy atom. The van der Waals surface area contributed by atoms with E-state index in [1.54, 1.807) is 25.3 Å². The number of fused-ring (bicyclic) bond motifs is 1. The quantitative estimate of drug-likeness (QED) is 0.542. The van der Waals surface area contributed by atoms with Crippen LogP contribution in [0.2, 0.25) is 0 Å². The molecule has 1 amide bonds. The molecule has 29 heavy (non-hydrogen) atoms. The van der Waals surface area contributed by atoms with E-state index in [4.69, 9.17) is 9.47 Å². The third-order valence-electron chi connectivity index (χ3n) is 4.78. The van der Waals surface area contributed by atoms with E-state index in [1.807, 2.05) is 44.0 Å². The number of nitrogens with one attached hydrogen (secondary N) is 3. The lowest BCUT2D eigenvalue weighted by Gasteiger charge is -2.24. The van der Waals surface area contributed by atoms with Crippen LogP contribution in [-0.4, -0.2) is 47.6 Å². The zero-order chi connectivity index (χ0) is 21.0. The lowest BCUT2D eigenvalue weighted by molar-refractivity contribution is -0.120. The monoisotopic (exact) mass is 398 g/mol. The first-order valence-corrected chi connectivity index (χ1v) is 9.44. The third kappa shape index (κ3) is 4.78. The van der Waals surface area contributed by atoms with Crippen molar-refractivity contribution in [3.8, 4) is 11.5 Å². The van der Waals surface area contributed by atoms with Gasteiger partial charge in [-0.15, -0.1) is 0 Å². The van der Waals surface area contributed by atoms with Crippen molar-refractivity contribution in [3.63, 3.8) is 0 Å². The van der Waals surface area contributed by atoms with E-state index in [1.165, 1.54) is 0 Å². The molecule has 1 aromatic heterocycles. The second kappa shape index (κ2) is 8.83. The van der Waals surface area contributed by atoms with Crippen molar-refractivity contribution in [2.75, 3.05) is 26.1 Å². The Labute approximate surface area is 168 Å². The number of methoxy groups -OCH3 is 1. The molecule has 0 aliphatic carbocycles. The van der Waals surface area contributed by atoms with E-state index in [0.717, 1.165) is 5.56 Å². The van der Waals surface area contributed by atoms with Crippen LogP contribution in [0.3, 0.4) is 0 Å². The number of anilines is 1. The molecule has 8 heteroatoms. The first-order valence-electron chi connectivity index (χ1n) is 9.44. The average Bonchev–Trinajstić information content (AvgIpc) is 3.07. The van der Waals surface area contributed by atoms with Crippen molar-refractivity contribution in [2.24, 2.45) is 0 Å². The van der Waals surface area contributed by atoms with E-state index in [9.17, 15) is 9.59 Å². The Hall–Kier alpha value is -3.26. The number of imidazole rings is 1. The highest BCUT2D eigenvalue weighted by Crippen LogP contribution is 2.28. The van der Waals surface area contributed by atoms with Gasteiger partial charge in [0, 0.05) is 12.2 Å². The van der Waals surface area contributed by atoms with Crippen LogP contribution >= 0.6 is 0 Å². The van der Waals surface area contributed by atoms with Gasteiger partial charge in [-0.05, 0) is 56.8 Å². The van der Waals surface area contributed by atoms with Crippen molar-refractivity contribution in [1.29, 1.82) is 0 Å². The third-order valence-corrected chi connectivity index (χ3v) is 4.78. The normalized spacial score (nSPS) is 12.2. The SMILES string of the molecule is CCOc1ccc(CN(C)[C@H](C)C(=O)Nc2ccc3[nH]c(=O)[nH]c3c2)cc1OC. The summed E-state index contributed by atoms with van der Waals surface area (Å²) < 4.78 is 10.9. The number of nitrogens with zero attached hydrogens (tertiary/aromatic N) is 1. The number of benzene rings is 2. The van der Waals surface area contributed by atoms with Crippen LogP contribution in [0.5, 0.6) is 11.5 Å². The van der Waals surface area contributed by atoms with Gasteiger partial charge in [0.2, 0.25) is 5.91 Å². The fourth-order valence-electron chi connectivity index (χ4n) is 3.07. The molecule has 0 fully saturated rings. The van der Waals surface area contributed by atoms with Crippen molar-refractivity contribution in [1.82, 2.24) is 14.9 Å². The van der Waals surface area contributed by atoms with Crippen LogP contribution in [0.15, 0.2) is 41.2 Å². The Bertz CT molecular complexity index is 1060. The van der Waals surface area contributed by atoms with Crippen LogP contribution in [0.1, 0.15) is 19.4 Å². The lowest BCUT2D eigenvalue weighted by atomic mass is 10.1. The van der Waals surface area contributed by atoms with Crippen molar-refractivity contribution >= 4 is 22.6 Å². The van der Waals surface area contributed by atoms with Crippen molar-refractivity contribution in [2.45, 2.75) is 26.4 Å².